The van der Waals surface area contributed by atoms with Crippen LogP contribution in [-0.2, 0) is 0 Å². The maximum absolute atomic E-state index is 12.0. The van der Waals surface area contributed by atoms with Crippen LogP contribution in [0.15, 0.2) is 36.5 Å². The van der Waals surface area contributed by atoms with Crippen molar-refractivity contribution in [3.8, 4) is 11.1 Å². The minimum Gasteiger partial charge on any atom is -0.478 e. The van der Waals surface area contributed by atoms with Gasteiger partial charge in [0, 0.05) is 42.3 Å². The van der Waals surface area contributed by atoms with Gasteiger partial charge in [-0.3, -0.25) is 4.98 Å². The molecule has 4 aliphatic rings. The van der Waals surface area contributed by atoms with Crippen LogP contribution in [0.1, 0.15) is 34.8 Å². The largest absolute Gasteiger partial charge is 0.478 e. The molecule has 5 heteroatoms. The predicted molar refractivity (Wildman–Crippen MR) is 101 cm³/mol. The highest BCUT2D eigenvalue weighted by Crippen LogP contribution is 2.51. The third kappa shape index (κ3) is 2.63. The van der Waals surface area contributed by atoms with Crippen molar-refractivity contribution in [1.82, 2.24) is 9.88 Å². The molecular weight excluding hydrogens is 348 g/mol. The van der Waals surface area contributed by atoms with E-state index in [1.807, 2.05) is 30.5 Å². The Morgan fingerprint density at radius 2 is 1.77 bits per heavy atom. The van der Waals surface area contributed by atoms with Gasteiger partial charge in [-0.25, -0.2) is 4.79 Å². The molecule has 4 fully saturated rings. The fraction of sp³-hybridized carbons (Fsp3) is 0.429. The molecule has 1 aromatic carbocycles. The van der Waals surface area contributed by atoms with Gasteiger partial charge in [0.15, 0.2) is 0 Å². The number of pyridine rings is 1. The zero-order chi connectivity index (χ0) is 17.8. The number of hydrogen-bond donors (Lipinski definition) is 1. The highest BCUT2D eigenvalue weighted by molar-refractivity contribution is 6.30. The fourth-order valence-electron chi connectivity index (χ4n) is 5.57. The number of nitrogens with zero attached hydrogens (tertiary/aromatic N) is 2. The van der Waals surface area contributed by atoms with Crippen molar-refractivity contribution in [3.05, 3.63) is 52.8 Å². The Kier molecular flexibility index (Phi) is 3.80. The molecule has 2 unspecified atom stereocenters. The van der Waals surface area contributed by atoms with Crippen molar-refractivity contribution in [2.75, 3.05) is 19.6 Å². The summed E-state index contributed by atoms with van der Waals surface area (Å²) in [6, 6.07) is 9.23. The van der Waals surface area contributed by atoms with E-state index in [1.54, 1.807) is 6.07 Å². The van der Waals surface area contributed by atoms with Crippen LogP contribution in [0.5, 0.6) is 0 Å². The number of rotatable bonds is 3. The maximum Gasteiger partial charge on any atom is 0.337 e. The van der Waals surface area contributed by atoms with Gasteiger partial charge >= 0.3 is 5.97 Å². The molecule has 3 saturated heterocycles. The molecule has 4 bridgehead atoms. The highest BCUT2D eigenvalue weighted by Gasteiger charge is 2.49. The lowest BCUT2D eigenvalue weighted by molar-refractivity contribution is -0.0370. The van der Waals surface area contributed by atoms with Gasteiger partial charge in [-0.1, -0.05) is 23.7 Å². The molecule has 1 aliphatic carbocycles. The minimum atomic E-state index is -0.877. The summed E-state index contributed by atoms with van der Waals surface area (Å²) in [6.45, 7) is 3.42. The number of benzene rings is 1. The Morgan fingerprint density at radius 3 is 2.38 bits per heavy atom. The summed E-state index contributed by atoms with van der Waals surface area (Å²) < 4.78 is 0. The van der Waals surface area contributed by atoms with E-state index in [9.17, 15) is 9.90 Å². The number of piperidine rings is 3. The van der Waals surface area contributed by atoms with Crippen molar-refractivity contribution < 1.29 is 9.90 Å². The lowest BCUT2D eigenvalue weighted by Gasteiger charge is -2.55. The molecule has 6 rings (SSSR count). The van der Waals surface area contributed by atoms with E-state index in [0.29, 0.717) is 22.4 Å². The van der Waals surface area contributed by atoms with Gasteiger partial charge in [-0.15, -0.1) is 0 Å². The molecule has 1 aromatic heterocycles. The second-order valence-electron chi connectivity index (χ2n) is 8.07. The molecular formula is C21H21ClN2O2. The molecule has 3 aliphatic heterocycles. The van der Waals surface area contributed by atoms with Crippen LogP contribution in [0, 0.1) is 17.8 Å². The second kappa shape index (κ2) is 6.07. The van der Waals surface area contributed by atoms with E-state index >= 15 is 0 Å². The van der Waals surface area contributed by atoms with Crippen LogP contribution in [0.4, 0.5) is 0 Å². The van der Waals surface area contributed by atoms with Gasteiger partial charge in [0.25, 0.3) is 0 Å². The maximum atomic E-state index is 12.0. The van der Waals surface area contributed by atoms with Crippen LogP contribution in [0.3, 0.4) is 0 Å². The van der Waals surface area contributed by atoms with Crippen molar-refractivity contribution >= 4 is 17.6 Å². The lowest BCUT2D eigenvalue weighted by Crippen LogP contribution is -2.57. The molecule has 1 N–H and O–H groups in total. The van der Waals surface area contributed by atoms with Gasteiger partial charge in [0.1, 0.15) is 0 Å². The SMILES string of the molecule is O=C(O)c1cc(-c2ccc(Cl)cc2)cnc1C1C2CC3CC1CN(C3)C2. The third-order valence-corrected chi connectivity index (χ3v) is 6.68. The van der Waals surface area contributed by atoms with Crippen LogP contribution < -0.4 is 0 Å². The van der Waals surface area contributed by atoms with E-state index in [2.05, 4.69) is 4.90 Å². The summed E-state index contributed by atoms with van der Waals surface area (Å²) in [5, 5.41) is 10.5. The normalized spacial score (nSPS) is 32.0. The van der Waals surface area contributed by atoms with Crippen LogP contribution in [0.25, 0.3) is 11.1 Å². The van der Waals surface area contributed by atoms with Gasteiger partial charge in [-0.05, 0) is 54.4 Å². The zero-order valence-electron chi connectivity index (χ0n) is 14.4. The first-order chi connectivity index (χ1) is 12.6. The van der Waals surface area contributed by atoms with E-state index in [4.69, 9.17) is 16.6 Å². The van der Waals surface area contributed by atoms with Crippen molar-refractivity contribution in [3.63, 3.8) is 0 Å². The quantitative estimate of drug-likeness (QED) is 0.884. The van der Waals surface area contributed by atoms with Crippen molar-refractivity contribution in [2.45, 2.75) is 18.8 Å². The second-order valence-corrected chi connectivity index (χ2v) is 8.51. The molecule has 0 spiro atoms. The zero-order valence-corrected chi connectivity index (χ0v) is 15.2. The highest BCUT2D eigenvalue weighted by atomic mass is 35.5. The molecule has 26 heavy (non-hydrogen) atoms. The van der Waals surface area contributed by atoms with Crippen LogP contribution in [-0.4, -0.2) is 40.6 Å². The minimum absolute atomic E-state index is 0.285. The average molecular weight is 369 g/mol. The molecule has 2 aromatic rings. The third-order valence-electron chi connectivity index (χ3n) is 6.43. The summed E-state index contributed by atoms with van der Waals surface area (Å²) in [7, 11) is 0. The monoisotopic (exact) mass is 368 g/mol. The smallest absolute Gasteiger partial charge is 0.337 e. The number of carbonyl (C=O) groups is 1. The number of carboxylic acids is 1. The van der Waals surface area contributed by atoms with E-state index in [0.717, 1.165) is 35.8 Å². The van der Waals surface area contributed by atoms with Gasteiger partial charge in [-0.2, -0.15) is 0 Å². The number of halogens is 1. The van der Waals surface area contributed by atoms with Crippen molar-refractivity contribution in [1.29, 1.82) is 0 Å². The van der Waals surface area contributed by atoms with E-state index in [1.165, 1.54) is 19.4 Å². The lowest BCUT2D eigenvalue weighted by atomic mass is 9.60. The summed E-state index contributed by atoms with van der Waals surface area (Å²) in [5.41, 5.74) is 2.93. The Hall–Kier alpha value is -1.91. The Labute approximate surface area is 157 Å². The summed E-state index contributed by atoms with van der Waals surface area (Å²) >= 11 is 5.96. The summed E-state index contributed by atoms with van der Waals surface area (Å²) in [4.78, 5) is 19.3. The first-order valence-corrected chi connectivity index (χ1v) is 9.68. The molecule has 134 valence electrons. The predicted octanol–water partition coefficient (Wildman–Crippen LogP) is 4.16. The summed E-state index contributed by atoms with van der Waals surface area (Å²) in [6.07, 6.45) is 4.27. The Morgan fingerprint density at radius 1 is 1.08 bits per heavy atom. The molecule has 1 saturated carbocycles. The van der Waals surface area contributed by atoms with Crippen molar-refractivity contribution in [2.24, 2.45) is 17.8 Å². The van der Waals surface area contributed by atoms with Gasteiger partial charge < -0.3 is 10.0 Å². The molecule has 0 amide bonds. The number of hydrogen-bond acceptors (Lipinski definition) is 3. The molecule has 4 heterocycles. The standard InChI is InChI=1S/C21H21ClN2O2/c22-17-3-1-13(2-4-17)14-7-18(21(25)26)20(23-8-14)19-15-5-12-6-16(19)11-24(9-12)10-15/h1-4,7-8,12,15-16,19H,5-6,9-11H2,(H,25,26). The first kappa shape index (κ1) is 16.3. The van der Waals surface area contributed by atoms with Crippen LogP contribution in [0.2, 0.25) is 5.02 Å². The van der Waals surface area contributed by atoms with Gasteiger partial charge in [0.2, 0.25) is 0 Å². The average Bonchev–Trinajstić information content (AvgIpc) is 2.61. The number of aromatic nitrogens is 1. The summed E-state index contributed by atoms with van der Waals surface area (Å²) in [5.74, 6) is 1.30. The van der Waals surface area contributed by atoms with E-state index in [-0.39, 0.29) is 5.92 Å². The number of aromatic carboxylic acids is 1. The molecule has 4 nitrogen and oxygen atoms in total. The number of carboxylic acid groups (broad SMARTS) is 1. The molecule has 2 atom stereocenters. The first-order valence-electron chi connectivity index (χ1n) is 9.30. The Balaban J connectivity index is 1.55. The van der Waals surface area contributed by atoms with Gasteiger partial charge in [0.05, 0.1) is 11.3 Å². The molecule has 0 radical (unpaired) electrons. The fourth-order valence-corrected chi connectivity index (χ4v) is 5.69. The van der Waals surface area contributed by atoms with Crippen LogP contribution >= 0.6 is 11.6 Å². The Bertz CT molecular complexity index is 837. The van der Waals surface area contributed by atoms with E-state index < -0.39 is 5.97 Å². The topological polar surface area (TPSA) is 53.4 Å².